The molecular formula is C16H18FN3O2. The van der Waals surface area contributed by atoms with Crippen LogP contribution in [-0.4, -0.2) is 39.2 Å². The molecule has 1 aliphatic rings. The number of phenols is 1. The molecule has 5 nitrogen and oxygen atoms in total. The summed E-state index contributed by atoms with van der Waals surface area (Å²) in [6.07, 6.45) is 1.85. The minimum atomic E-state index is -0.558. The highest BCUT2D eigenvalue weighted by Gasteiger charge is 2.28. The number of H-pyrrole nitrogens is 1. The van der Waals surface area contributed by atoms with Crippen molar-refractivity contribution in [2.75, 3.05) is 13.1 Å². The summed E-state index contributed by atoms with van der Waals surface area (Å²) in [6.45, 7) is 3.13. The maximum atomic E-state index is 13.0. The Kier molecular flexibility index (Phi) is 3.83. The van der Waals surface area contributed by atoms with Gasteiger partial charge >= 0.3 is 0 Å². The van der Waals surface area contributed by atoms with Gasteiger partial charge in [0.25, 0.3) is 5.91 Å². The number of benzene rings is 1. The second-order valence-corrected chi connectivity index (χ2v) is 5.73. The summed E-state index contributed by atoms with van der Waals surface area (Å²) in [7, 11) is 0. The second kappa shape index (κ2) is 5.79. The SMILES string of the molecule is Cc1cc(C2CCCN(C(=O)c3ccc(F)cc3O)C2)n[nH]1. The molecule has 1 aliphatic heterocycles. The largest absolute Gasteiger partial charge is 0.507 e. The van der Waals surface area contributed by atoms with Gasteiger partial charge in [-0.1, -0.05) is 0 Å². The Bertz CT molecular complexity index is 698. The zero-order valence-corrected chi connectivity index (χ0v) is 12.3. The number of carbonyl (C=O) groups is 1. The predicted molar refractivity (Wildman–Crippen MR) is 79.3 cm³/mol. The van der Waals surface area contributed by atoms with Crippen molar-refractivity contribution in [2.24, 2.45) is 0 Å². The molecule has 22 heavy (non-hydrogen) atoms. The van der Waals surface area contributed by atoms with Crippen LogP contribution >= 0.6 is 0 Å². The second-order valence-electron chi connectivity index (χ2n) is 5.73. The van der Waals surface area contributed by atoms with Crippen LogP contribution in [0.3, 0.4) is 0 Å². The molecule has 2 N–H and O–H groups in total. The minimum absolute atomic E-state index is 0.139. The van der Waals surface area contributed by atoms with Crippen LogP contribution in [0.1, 0.15) is 40.5 Å². The molecule has 1 amide bonds. The molecule has 6 heteroatoms. The fourth-order valence-corrected chi connectivity index (χ4v) is 2.91. The van der Waals surface area contributed by atoms with Crippen molar-refractivity contribution >= 4 is 5.91 Å². The molecule has 0 radical (unpaired) electrons. The summed E-state index contributed by atoms with van der Waals surface area (Å²) in [4.78, 5) is 14.2. The summed E-state index contributed by atoms with van der Waals surface area (Å²) in [5, 5.41) is 17.0. The third kappa shape index (κ3) is 2.81. The molecule has 2 heterocycles. The van der Waals surface area contributed by atoms with E-state index < -0.39 is 5.82 Å². The monoisotopic (exact) mass is 303 g/mol. The van der Waals surface area contributed by atoms with E-state index in [1.54, 1.807) is 4.90 Å². The van der Waals surface area contributed by atoms with Crippen LogP contribution in [0.25, 0.3) is 0 Å². The van der Waals surface area contributed by atoms with Crippen molar-refractivity contribution in [1.82, 2.24) is 15.1 Å². The fourth-order valence-electron chi connectivity index (χ4n) is 2.91. The molecule has 1 aromatic heterocycles. The smallest absolute Gasteiger partial charge is 0.257 e. The van der Waals surface area contributed by atoms with Gasteiger partial charge in [-0.2, -0.15) is 5.10 Å². The van der Waals surface area contributed by atoms with E-state index in [9.17, 15) is 14.3 Å². The highest BCUT2D eigenvalue weighted by atomic mass is 19.1. The zero-order valence-electron chi connectivity index (χ0n) is 12.3. The third-order valence-electron chi connectivity index (χ3n) is 4.04. The molecule has 0 aliphatic carbocycles. The lowest BCUT2D eigenvalue weighted by Crippen LogP contribution is -2.39. The lowest BCUT2D eigenvalue weighted by atomic mass is 9.94. The van der Waals surface area contributed by atoms with Gasteiger partial charge in [0, 0.05) is 30.8 Å². The summed E-state index contributed by atoms with van der Waals surface area (Å²) < 4.78 is 13.0. The van der Waals surface area contributed by atoms with E-state index in [0.29, 0.717) is 13.1 Å². The van der Waals surface area contributed by atoms with Crippen molar-refractivity contribution in [1.29, 1.82) is 0 Å². The number of phenolic OH excluding ortho intramolecular Hbond substituents is 1. The van der Waals surface area contributed by atoms with Gasteiger partial charge in [0.15, 0.2) is 0 Å². The van der Waals surface area contributed by atoms with Crippen LogP contribution in [0.5, 0.6) is 5.75 Å². The van der Waals surface area contributed by atoms with Crippen molar-refractivity contribution in [2.45, 2.75) is 25.7 Å². The molecule has 2 aromatic rings. The number of aryl methyl sites for hydroxylation is 1. The Hall–Kier alpha value is -2.37. The highest BCUT2D eigenvalue weighted by Crippen LogP contribution is 2.28. The third-order valence-corrected chi connectivity index (χ3v) is 4.04. The number of aromatic amines is 1. The van der Waals surface area contributed by atoms with Gasteiger partial charge in [-0.25, -0.2) is 4.39 Å². The molecule has 0 spiro atoms. The molecule has 1 atom stereocenters. The van der Waals surface area contributed by atoms with Gasteiger partial charge in [0.2, 0.25) is 0 Å². The standard InChI is InChI=1S/C16H18FN3O2/c1-10-7-14(19-18-10)11-3-2-6-20(9-11)16(22)13-5-4-12(17)8-15(13)21/h4-5,7-8,11,21H,2-3,6,9H2,1H3,(H,18,19). The zero-order chi connectivity index (χ0) is 15.7. The van der Waals surface area contributed by atoms with E-state index in [0.717, 1.165) is 30.3 Å². The Morgan fingerprint density at radius 3 is 2.95 bits per heavy atom. The average molecular weight is 303 g/mol. The lowest BCUT2D eigenvalue weighted by Gasteiger charge is -2.32. The van der Waals surface area contributed by atoms with Crippen molar-refractivity contribution < 1.29 is 14.3 Å². The Balaban J connectivity index is 1.78. The molecule has 1 fully saturated rings. The maximum Gasteiger partial charge on any atom is 0.257 e. The number of hydrogen-bond donors (Lipinski definition) is 2. The van der Waals surface area contributed by atoms with Gasteiger partial charge in [-0.15, -0.1) is 0 Å². The Morgan fingerprint density at radius 2 is 2.27 bits per heavy atom. The number of piperidine rings is 1. The number of aromatic hydroxyl groups is 1. The first-order chi connectivity index (χ1) is 10.5. The number of amides is 1. The van der Waals surface area contributed by atoms with Crippen LogP contribution in [0.4, 0.5) is 4.39 Å². The van der Waals surface area contributed by atoms with E-state index in [1.165, 1.54) is 12.1 Å². The average Bonchev–Trinajstić information content (AvgIpc) is 2.93. The predicted octanol–water partition coefficient (Wildman–Crippen LogP) is 2.58. The molecule has 1 unspecified atom stereocenters. The van der Waals surface area contributed by atoms with Gasteiger partial charge in [-0.3, -0.25) is 9.89 Å². The molecular weight excluding hydrogens is 285 g/mol. The van der Waals surface area contributed by atoms with Crippen LogP contribution in [0, 0.1) is 12.7 Å². The van der Waals surface area contributed by atoms with Crippen LogP contribution in [-0.2, 0) is 0 Å². The number of aromatic nitrogens is 2. The summed E-state index contributed by atoms with van der Waals surface area (Å²) >= 11 is 0. The molecule has 3 rings (SSSR count). The van der Waals surface area contributed by atoms with E-state index in [4.69, 9.17) is 0 Å². The molecule has 0 bridgehead atoms. The van der Waals surface area contributed by atoms with E-state index in [-0.39, 0.29) is 23.1 Å². The number of likely N-dealkylation sites (tertiary alicyclic amines) is 1. The van der Waals surface area contributed by atoms with Crippen molar-refractivity contribution in [3.05, 3.63) is 47.0 Å². The minimum Gasteiger partial charge on any atom is -0.507 e. The number of halogens is 1. The summed E-state index contributed by atoms with van der Waals surface area (Å²) in [6, 6.07) is 5.47. The van der Waals surface area contributed by atoms with Crippen LogP contribution < -0.4 is 0 Å². The highest BCUT2D eigenvalue weighted by molar-refractivity contribution is 5.96. The molecule has 0 saturated carbocycles. The number of carbonyl (C=O) groups excluding carboxylic acids is 1. The topological polar surface area (TPSA) is 69.2 Å². The first-order valence-electron chi connectivity index (χ1n) is 7.34. The normalized spacial score (nSPS) is 18.5. The van der Waals surface area contributed by atoms with Crippen LogP contribution in [0.2, 0.25) is 0 Å². The number of hydrogen-bond acceptors (Lipinski definition) is 3. The van der Waals surface area contributed by atoms with E-state index in [1.807, 2.05) is 13.0 Å². The summed E-state index contributed by atoms with van der Waals surface area (Å²) in [5.74, 6) is -0.958. The van der Waals surface area contributed by atoms with Crippen molar-refractivity contribution in [3.63, 3.8) is 0 Å². The van der Waals surface area contributed by atoms with E-state index in [2.05, 4.69) is 10.2 Å². The molecule has 1 aromatic carbocycles. The quantitative estimate of drug-likeness (QED) is 0.896. The Morgan fingerprint density at radius 1 is 1.45 bits per heavy atom. The lowest BCUT2D eigenvalue weighted by molar-refractivity contribution is 0.0702. The molecule has 116 valence electrons. The summed E-state index contributed by atoms with van der Waals surface area (Å²) in [5.41, 5.74) is 2.09. The molecule has 1 saturated heterocycles. The first kappa shape index (κ1) is 14.6. The van der Waals surface area contributed by atoms with Crippen LogP contribution in [0.15, 0.2) is 24.3 Å². The van der Waals surface area contributed by atoms with Crippen molar-refractivity contribution in [3.8, 4) is 5.75 Å². The number of rotatable bonds is 2. The fraction of sp³-hybridized carbons (Fsp3) is 0.375. The number of nitrogens with one attached hydrogen (secondary N) is 1. The van der Waals surface area contributed by atoms with Gasteiger partial charge < -0.3 is 10.0 Å². The number of nitrogens with zero attached hydrogens (tertiary/aromatic N) is 2. The maximum absolute atomic E-state index is 13.0. The van der Waals surface area contributed by atoms with Gasteiger partial charge in [-0.05, 0) is 38.0 Å². The van der Waals surface area contributed by atoms with Gasteiger partial charge in [0.05, 0.1) is 11.3 Å². The van der Waals surface area contributed by atoms with Gasteiger partial charge in [0.1, 0.15) is 11.6 Å². The first-order valence-corrected chi connectivity index (χ1v) is 7.34. The Labute approximate surface area is 127 Å². The van der Waals surface area contributed by atoms with E-state index >= 15 is 0 Å².